The second kappa shape index (κ2) is 7.04. The van der Waals surface area contributed by atoms with E-state index in [-0.39, 0.29) is 5.56 Å². The first-order valence-corrected chi connectivity index (χ1v) is 7.89. The van der Waals surface area contributed by atoms with E-state index < -0.39 is 5.97 Å². The molecule has 3 rings (SSSR count). The van der Waals surface area contributed by atoms with Gasteiger partial charge in [-0.05, 0) is 48.0 Å². The van der Waals surface area contributed by atoms with Crippen molar-refractivity contribution in [3.05, 3.63) is 71.8 Å². The molecule has 0 fully saturated rings. The number of carbonyl (C=O) groups is 1. The topological polar surface area (TPSA) is 58.6 Å². The fourth-order valence-electron chi connectivity index (χ4n) is 2.71. The van der Waals surface area contributed by atoms with Crippen LogP contribution in [0.4, 0.5) is 5.69 Å². The molecule has 0 radical (unpaired) electrons. The molecule has 0 aliphatic rings. The lowest BCUT2D eigenvalue weighted by atomic mass is 10.0. The van der Waals surface area contributed by atoms with E-state index >= 15 is 0 Å². The summed E-state index contributed by atoms with van der Waals surface area (Å²) in [4.78, 5) is 10.9. The Morgan fingerprint density at radius 1 is 1.04 bits per heavy atom. The number of ether oxygens (including phenoxy) is 1. The van der Waals surface area contributed by atoms with Crippen LogP contribution in [0.15, 0.2) is 60.7 Å². The van der Waals surface area contributed by atoms with Gasteiger partial charge in [-0.2, -0.15) is 0 Å². The molecule has 0 saturated heterocycles. The minimum Gasteiger partial charge on any atom is -0.494 e. The van der Waals surface area contributed by atoms with Gasteiger partial charge in [-0.1, -0.05) is 30.3 Å². The zero-order valence-electron chi connectivity index (χ0n) is 13.5. The van der Waals surface area contributed by atoms with E-state index in [2.05, 4.69) is 23.5 Å². The first-order chi connectivity index (χ1) is 11.7. The predicted octanol–water partition coefficient (Wildman–Crippen LogP) is 4.55. The van der Waals surface area contributed by atoms with Crippen molar-refractivity contribution in [3.8, 4) is 5.75 Å². The molecule has 4 heteroatoms. The van der Waals surface area contributed by atoms with Crippen molar-refractivity contribution in [1.29, 1.82) is 0 Å². The average molecular weight is 321 g/mol. The minimum atomic E-state index is -0.922. The summed E-state index contributed by atoms with van der Waals surface area (Å²) < 4.78 is 5.77. The van der Waals surface area contributed by atoms with Gasteiger partial charge in [0, 0.05) is 17.8 Å². The van der Waals surface area contributed by atoms with Crippen LogP contribution in [-0.4, -0.2) is 17.7 Å². The molecular weight excluding hydrogens is 302 g/mol. The highest BCUT2D eigenvalue weighted by molar-refractivity contribution is 5.89. The number of carboxylic acid groups (broad SMARTS) is 1. The van der Waals surface area contributed by atoms with Crippen molar-refractivity contribution >= 4 is 22.4 Å². The van der Waals surface area contributed by atoms with E-state index in [1.54, 1.807) is 24.3 Å². The number of carboxylic acids is 1. The van der Waals surface area contributed by atoms with Crippen LogP contribution in [-0.2, 0) is 6.54 Å². The van der Waals surface area contributed by atoms with Gasteiger partial charge in [-0.3, -0.25) is 0 Å². The molecule has 0 bridgehead atoms. The number of hydrogen-bond donors (Lipinski definition) is 2. The Morgan fingerprint density at radius 2 is 1.79 bits per heavy atom. The lowest BCUT2D eigenvalue weighted by Gasteiger charge is -2.15. The number of rotatable bonds is 6. The zero-order chi connectivity index (χ0) is 16.9. The second-order valence-corrected chi connectivity index (χ2v) is 5.43. The van der Waals surface area contributed by atoms with Gasteiger partial charge in [0.25, 0.3) is 0 Å². The van der Waals surface area contributed by atoms with Gasteiger partial charge in [0.2, 0.25) is 0 Å². The standard InChI is InChI=1S/C20H19NO3/c1-2-24-19-12-9-14-5-3-4-6-17(14)18(19)13-21-16-10-7-15(8-11-16)20(22)23/h3-12,21H,2,13H2,1H3,(H,22,23). The Bertz CT molecular complexity index is 856. The largest absolute Gasteiger partial charge is 0.494 e. The zero-order valence-corrected chi connectivity index (χ0v) is 13.5. The number of aromatic carboxylic acids is 1. The highest BCUT2D eigenvalue weighted by Gasteiger charge is 2.09. The van der Waals surface area contributed by atoms with Gasteiger partial charge in [-0.15, -0.1) is 0 Å². The summed E-state index contributed by atoms with van der Waals surface area (Å²) in [6.07, 6.45) is 0. The fourth-order valence-corrected chi connectivity index (χ4v) is 2.71. The monoisotopic (exact) mass is 321 g/mol. The number of fused-ring (bicyclic) bond motifs is 1. The Kier molecular flexibility index (Phi) is 4.66. The first kappa shape index (κ1) is 15.9. The molecule has 4 nitrogen and oxygen atoms in total. The summed E-state index contributed by atoms with van der Waals surface area (Å²) in [5, 5.41) is 14.6. The summed E-state index contributed by atoms with van der Waals surface area (Å²) >= 11 is 0. The van der Waals surface area contributed by atoms with E-state index in [4.69, 9.17) is 9.84 Å². The molecule has 2 N–H and O–H groups in total. The van der Waals surface area contributed by atoms with Crippen molar-refractivity contribution in [1.82, 2.24) is 0 Å². The van der Waals surface area contributed by atoms with E-state index in [9.17, 15) is 4.79 Å². The number of hydrogen-bond acceptors (Lipinski definition) is 3. The Morgan fingerprint density at radius 3 is 2.50 bits per heavy atom. The summed E-state index contributed by atoms with van der Waals surface area (Å²) in [6.45, 7) is 3.18. The molecule has 0 spiro atoms. The Balaban J connectivity index is 1.88. The third kappa shape index (κ3) is 3.33. The molecule has 0 saturated carbocycles. The maximum Gasteiger partial charge on any atom is 0.335 e. The van der Waals surface area contributed by atoms with Crippen LogP contribution < -0.4 is 10.1 Å². The van der Waals surface area contributed by atoms with Crippen LogP contribution in [0.25, 0.3) is 10.8 Å². The predicted molar refractivity (Wildman–Crippen MR) is 95.8 cm³/mol. The number of benzene rings is 3. The van der Waals surface area contributed by atoms with Crippen LogP contribution in [0.3, 0.4) is 0 Å². The van der Waals surface area contributed by atoms with Gasteiger partial charge < -0.3 is 15.2 Å². The van der Waals surface area contributed by atoms with Crippen molar-refractivity contribution in [2.75, 3.05) is 11.9 Å². The van der Waals surface area contributed by atoms with Gasteiger partial charge >= 0.3 is 5.97 Å². The average Bonchev–Trinajstić information content (AvgIpc) is 2.61. The first-order valence-electron chi connectivity index (χ1n) is 7.89. The fraction of sp³-hybridized carbons (Fsp3) is 0.150. The van der Waals surface area contributed by atoms with Crippen molar-refractivity contribution in [3.63, 3.8) is 0 Å². The smallest absolute Gasteiger partial charge is 0.335 e. The lowest BCUT2D eigenvalue weighted by molar-refractivity contribution is 0.0697. The molecule has 0 aliphatic heterocycles. The summed E-state index contributed by atoms with van der Waals surface area (Å²) in [7, 11) is 0. The highest BCUT2D eigenvalue weighted by atomic mass is 16.5. The Hall–Kier alpha value is -3.01. The molecule has 122 valence electrons. The van der Waals surface area contributed by atoms with Crippen LogP contribution in [0.1, 0.15) is 22.8 Å². The molecule has 3 aromatic rings. The third-order valence-corrected chi connectivity index (χ3v) is 3.90. The van der Waals surface area contributed by atoms with E-state index in [0.717, 1.165) is 22.4 Å². The quantitative estimate of drug-likeness (QED) is 0.699. The van der Waals surface area contributed by atoms with Gasteiger partial charge in [0.05, 0.1) is 12.2 Å². The summed E-state index contributed by atoms with van der Waals surface area (Å²) in [5.41, 5.74) is 2.24. The van der Waals surface area contributed by atoms with Crippen LogP contribution >= 0.6 is 0 Å². The Labute approximate surface area is 140 Å². The van der Waals surface area contributed by atoms with Crippen LogP contribution in [0, 0.1) is 0 Å². The second-order valence-electron chi connectivity index (χ2n) is 5.43. The molecule has 0 heterocycles. The number of nitrogens with one attached hydrogen (secondary N) is 1. The lowest BCUT2D eigenvalue weighted by Crippen LogP contribution is -2.04. The third-order valence-electron chi connectivity index (χ3n) is 3.90. The molecule has 0 atom stereocenters. The molecule has 0 aliphatic carbocycles. The molecule has 24 heavy (non-hydrogen) atoms. The van der Waals surface area contributed by atoms with Crippen molar-refractivity contribution in [2.24, 2.45) is 0 Å². The van der Waals surface area contributed by atoms with Gasteiger partial charge in [0.1, 0.15) is 5.75 Å². The molecule has 0 aromatic heterocycles. The minimum absolute atomic E-state index is 0.278. The maximum absolute atomic E-state index is 10.9. The van der Waals surface area contributed by atoms with Gasteiger partial charge in [0.15, 0.2) is 0 Å². The van der Waals surface area contributed by atoms with E-state index in [0.29, 0.717) is 13.2 Å². The summed E-state index contributed by atoms with van der Waals surface area (Å²) in [6, 6.07) is 19.0. The van der Waals surface area contributed by atoms with E-state index in [1.165, 1.54) is 5.39 Å². The van der Waals surface area contributed by atoms with E-state index in [1.807, 2.05) is 25.1 Å². The highest BCUT2D eigenvalue weighted by Crippen LogP contribution is 2.29. The van der Waals surface area contributed by atoms with Crippen molar-refractivity contribution in [2.45, 2.75) is 13.5 Å². The molecule has 0 amide bonds. The molecule has 3 aromatic carbocycles. The van der Waals surface area contributed by atoms with Gasteiger partial charge in [-0.25, -0.2) is 4.79 Å². The molecular formula is C20H19NO3. The maximum atomic E-state index is 10.9. The SMILES string of the molecule is CCOc1ccc2ccccc2c1CNc1ccc(C(=O)O)cc1. The number of anilines is 1. The summed E-state index contributed by atoms with van der Waals surface area (Å²) in [5.74, 6) is -0.0555. The van der Waals surface area contributed by atoms with Crippen molar-refractivity contribution < 1.29 is 14.6 Å². The van der Waals surface area contributed by atoms with Crippen LogP contribution in [0.5, 0.6) is 5.75 Å². The normalized spacial score (nSPS) is 10.5. The molecule has 0 unspecified atom stereocenters. The van der Waals surface area contributed by atoms with Crippen LogP contribution in [0.2, 0.25) is 0 Å².